The van der Waals surface area contributed by atoms with Crippen LogP contribution >= 0.6 is 11.6 Å². The van der Waals surface area contributed by atoms with Crippen LogP contribution in [0.5, 0.6) is 11.5 Å². The normalized spacial score (nSPS) is 9.83. The van der Waals surface area contributed by atoms with Crippen molar-refractivity contribution in [1.29, 1.82) is 0 Å². The number of benzene rings is 1. The van der Waals surface area contributed by atoms with Crippen LogP contribution in [0, 0.1) is 6.92 Å². The van der Waals surface area contributed by atoms with Gasteiger partial charge in [-0.05, 0) is 18.6 Å². The van der Waals surface area contributed by atoms with Gasteiger partial charge < -0.3 is 10.2 Å². The van der Waals surface area contributed by atoms with Crippen LogP contribution in [0.3, 0.4) is 0 Å². The fourth-order valence-electron chi connectivity index (χ4n) is 0.878. The van der Waals surface area contributed by atoms with Crippen molar-refractivity contribution in [3.8, 4) is 11.5 Å². The van der Waals surface area contributed by atoms with E-state index in [2.05, 4.69) is 0 Å². The maximum absolute atomic E-state index is 10.4. The number of carbonyl (C=O) groups is 1. The summed E-state index contributed by atoms with van der Waals surface area (Å²) in [4.78, 5) is 10.4. The molecule has 3 nitrogen and oxygen atoms in total. The third-order valence-corrected chi connectivity index (χ3v) is 1.96. The average molecular weight is 187 g/mol. The van der Waals surface area contributed by atoms with Gasteiger partial charge in [-0.1, -0.05) is 11.6 Å². The minimum absolute atomic E-state index is 0.117. The minimum atomic E-state index is -0.446. The standard InChI is InChI=1S/C8H7ClO3/c1-4-2-5(3-10)6(9)8(12)7(4)11/h2-3,11-12H,1H3. The molecule has 0 spiro atoms. The molecule has 0 saturated heterocycles. The molecule has 0 atom stereocenters. The number of phenolic OH excluding ortho intramolecular Hbond substituents is 2. The second-order valence-electron chi connectivity index (χ2n) is 2.41. The third kappa shape index (κ3) is 1.23. The number of halogens is 1. The van der Waals surface area contributed by atoms with E-state index >= 15 is 0 Å². The second kappa shape index (κ2) is 3.03. The van der Waals surface area contributed by atoms with E-state index in [9.17, 15) is 4.79 Å². The summed E-state index contributed by atoms with van der Waals surface area (Å²) in [6.07, 6.45) is 0.522. The molecule has 0 saturated carbocycles. The first-order valence-corrected chi connectivity index (χ1v) is 3.62. The molecule has 0 radical (unpaired) electrons. The predicted octanol–water partition coefficient (Wildman–Crippen LogP) is 1.87. The van der Waals surface area contributed by atoms with Crippen molar-refractivity contribution in [2.45, 2.75) is 6.92 Å². The Kier molecular flexibility index (Phi) is 2.24. The molecular weight excluding hydrogens is 180 g/mol. The van der Waals surface area contributed by atoms with E-state index in [1.165, 1.54) is 6.07 Å². The summed E-state index contributed by atoms with van der Waals surface area (Å²) in [6, 6.07) is 1.41. The third-order valence-electron chi connectivity index (χ3n) is 1.56. The first kappa shape index (κ1) is 8.87. The Bertz CT molecular complexity index is 334. The number of carbonyl (C=O) groups excluding carboxylic acids is 1. The summed E-state index contributed by atoms with van der Waals surface area (Å²) >= 11 is 5.53. The van der Waals surface area contributed by atoms with E-state index < -0.39 is 5.75 Å². The molecule has 0 heterocycles. The molecule has 0 aliphatic carbocycles. The van der Waals surface area contributed by atoms with Crippen LogP contribution in [0.4, 0.5) is 0 Å². The van der Waals surface area contributed by atoms with Gasteiger partial charge in [-0.2, -0.15) is 0 Å². The highest BCUT2D eigenvalue weighted by Crippen LogP contribution is 2.37. The van der Waals surface area contributed by atoms with Gasteiger partial charge in [0, 0.05) is 5.56 Å². The summed E-state index contributed by atoms with van der Waals surface area (Å²) in [6.45, 7) is 1.57. The van der Waals surface area contributed by atoms with Gasteiger partial charge in [-0.25, -0.2) is 0 Å². The Hall–Kier alpha value is -1.22. The van der Waals surface area contributed by atoms with Gasteiger partial charge in [0.2, 0.25) is 0 Å². The van der Waals surface area contributed by atoms with E-state index in [1.807, 2.05) is 0 Å². The van der Waals surface area contributed by atoms with E-state index in [-0.39, 0.29) is 16.3 Å². The second-order valence-corrected chi connectivity index (χ2v) is 2.79. The topological polar surface area (TPSA) is 57.5 Å². The fourth-order valence-corrected chi connectivity index (χ4v) is 1.07. The Labute approximate surface area is 74.2 Å². The van der Waals surface area contributed by atoms with E-state index in [0.29, 0.717) is 11.8 Å². The molecule has 1 aromatic carbocycles. The molecule has 0 aromatic heterocycles. The van der Waals surface area contributed by atoms with Crippen molar-refractivity contribution < 1.29 is 15.0 Å². The molecule has 64 valence electrons. The Morgan fingerprint density at radius 1 is 1.42 bits per heavy atom. The van der Waals surface area contributed by atoms with Crippen LogP contribution in [0.2, 0.25) is 5.02 Å². The lowest BCUT2D eigenvalue weighted by Crippen LogP contribution is -1.86. The number of hydrogen-bond donors (Lipinski definition) is 2. The lowest BCUT2D eigenvalue weighted by atomic mass is 10.1. The number of hydrogen-bond acceptors (Lipinski definition) is 3. The summed E-state index contributed by atoms with van der Waals surface area (Å²) in [5.41, 5.74) is 0.587. The van der Waals surface area contributed by atoms with Gasteiger partial charge in [0.15, 0.2) is 17.8 Å². The van der Waals surface area contributed by atoms with Crippen LogP contribution in [-0.4, -0.2) is 16.5 Å². The molecule has 0 amide bonds. The number of aldehydes is 1. The number of phenols is 2. The smallest absolute Gasteiger partial charge is 0.177 e. The van der Waals surface area contributed by atoms with E-state index in [0.717, 1.165) is 0 Å². The zero-order valence-corrected chi connectivity index (χ0v) is 7.09. The number of aromatic hydroxyl groups is 2. The highest BCUT2D eigenvalue weighted by molar-refractivity contribution is 6.34. The van der Waals surface area contributed by atoms with E-state index in [4.69, 9.17) is 21.8 Å². The maximum atomic E-state index is 10.4. The van der Waals surface area contributed by atoms with Crippen LogP contribution in [0.25, 0.3) is 0 Å². The highest BCUT2D eigenvalue weighted by Gasteiger charge is 2.12. The molecule has 0 aliphatic rings. The van der Waals surface area contributed by atoms with Crippen molar-refractivity contribution in [1.82, 2.24) is 0 Å². The zero-order valence-electron chi connectivity index (χ0n) is 6.34. The van der Waals surface area contributed by atoms with Crippen molar-refractivity contribution in [2.75, 3.05) is 0 Å². The first-order chi connectivity index (χ1) is 5.57. The Morgan fingerprint density at radius 3 is 2.50 bits per heavy atom. The van der Waals surface area contributed by atoms with Crippen LogP contribution in [0.15, 0.2) is 6.07 Å². The van der Waals surface area contributed by atoms with Crippen molar-refractivity contribution in [3.63, 3.8) is 0 Å². The van der Waals surface area contributed by atoms with Crippen molar-refractivity contribution in [2.24, 2.45) is 0 Å². The summed E-state index contributed by atoms with van der Waals surface area (Å²) in [5, 5.41) is 18.2. The molecule has 1 rings (SSSR count). The predicted molar refractivity (Wildman–Crippen MR) is 44.9 cm³/mol. The van der Waals surface area contributed by atoms with Crippen LogP contribution in [0.1, 0.15) is 15.9 Å². The van der Waals surface area contributed by atoms with Gasteiger partial charge in [0.1, 0.15) is 0 Å². The maximum Gasteiger partial charge on any atom is 0.177 e. The molecule has 12 heavy (non-hydrogen) atoms. The Morgan fingerprint density at radius 2 is 2.00 bits per heavy atom. The van der Waals surface area contributed by atoms with Gasteiger partial charge in [-0.15, -0.1) is 0 Å². The summed E-state index contributed by atoms with van der Waals surface area (Å²) in [5.74, 6) is -0.732. The van der Waals surface area contributed by atoms with Gasteiger partial charge in [-0.3, -0.25) is 4.79 Å². The van der Waals surface area contributed by atoms with E-state index in [1.54, 1.807) is 6.92 Å². The van der Waals surface area contributed by atoms with Gasteiger partial charge in [0.05, 0.1) is 5.02 Å². The molecular formula is C8H7ClO3. The fraction of sp³-hybridized carbons (Fsp3) is 0.125. The summed E-state index contributed by atoms with van der Waals surface area (Å²) < 4.78 is 0. The zero-order chi connectivity index (χ0) is 9.30. The summed E-state index contributed by atoms with van der Waals surface area (Å²) in [7, 11) is 0. The molecule has 0 fully saturated rings. The largest absolute Gasteiger partial charge is 0.504 e. The quantitative estimate of drug-likeness (QED) is 0.520. The molecule has 0 unspecified atom stereocenters. The highest BCUT2D eigenvalue weighted by atomic mass is 35.5. The van der Waals surface area contributed by atoms with Crippen molar-refractivity contribution >= 4 is 17.9 Å². The monoisotopic (exact) mass is 186 g/mol. The lowest BCUT2D eigenvalue weighted by Gasteiger charge is -2.05. The Balaban J connectivity index is 3.49. The lowest BCUT2D eigenvalue weighted by molar-refractivity contribution is 0.112. The van der Waals surface area contributed by atoms with Gasteiger partial charge in [0.25, 0.3) is 0 Å². The van der Waals surface area contributed by atoms with Gasteiger partial charge >= 0.3 is 0 Å². The van der Waals surface area contributed by atoms with Crippen LogP contribution < -0.4 is 0 Å². The molecule has 0 aliphatic heterocycles. The molecule has 1 aromatic rings. The minimum Gasteiger partial charge on any atom is -0.504 e. The molecule has 0 bridgehead atoms. The average Bonchev–Trinajstić information content (AvgIpc) is 2.08. The molecule has 4 heteroatoms. The van der Waals surface area contributed by atoms with Crippen molar-refractivity contribution in [3.05, 3.63) is 22.2 Å². The number of aryl methyl sites for hydroxylation is 1. The molecule has 2 N–H and O–H groups in total. The van der Waals surface area contributed by atoms with Crippen LogP contribution in [-0.2, 0) is 0 Å². The number of rotatable bonds is 1. The SMILES string of the molecule is Cc1cc(C=O)c(Cl)c(O)c1O. The first-order valence-electron chi connectivity index (χ1n) is 3.24.